The molecular formula is C23H24N4O3S. The number of carbonyl (C=O) groups excluding carboxylic acids is 1. The van der Waals surface area contributed by atoms with E-state index in [0.717, 1.165) is 43.4 Å². The van der Waals surface area contributed by atoms with Gasteiger partial charge < -0.3 is 14.8 Å². The lowest BCUT2D eigenvalue weighted by Gasteiger charge is -2.21. The van der Waals surface area contributed by atoms with Crippen LogP contribution in [0.15, 0.2) is 47.6 Å². The van der Waals surface area contributed by atoms with Crippen molar-refractivity contribution in [3.63, 3.8) is 0 Å². The van der Waals surface area contributed by atoms with Gasteiger partial charge in [-0.3, -0.25) is 9.89 Å². The zero-order valence-electron chi connectivity index (χ0n) is 17.3. The highest BCUT2D eigenvalue weighted by Gasteiger charge is 2.44. The lowest BCUT2D eigenvalue weighted by molar-refractivity contribution is -0.113. The van der Waals surface area contributed by atoms with Crippen LogP contribution in [0.3, 0.4) is 0 Å². The molecule has 8 heteroatoms. The number of aromatic amines is 1. The zero-order valence-corrected chi connectivity index (χ0v) is 18.1. The molecule has 0 radical (unpaired) electrons. The monoisotopic (exact) mass is 436 g/mol. The molecule has 1 spiro atoms. The van der Waals surface area contributed by atoms with E-state index >= 15 is 0 Å². The van der Waals surface area contributed by atoms with Gasteiger partial charge in [-0.05, 0) is 37.0 Å². The summed E-state index contributed by atoms with van der Waals surface area (Å²) in [6.45, 7) is 2.12. The fraction of sp³-hybridized carbons (Fsp3) is 0.348. The highest BCUT2D eigenvalue weighted by molar-refractivity contribution is 7.99. The number of hydrogen-bond acceptors (Lipinski definition) is 6. The van der Waals surface area contributed by atoms with Crippen LogP contribution in [0.1, 0.15) is 38.2 Å². The van der Waals surface area contributed by atoms with Crippen molar-refractivity contribution in [2.45, 2.75) is 50.0 Å². The van der Waals surface area contributed by atoms with Crippen LogP contribution in [0.2, 0.25) is 0 Å². The van der Waals surface area contributed by atoms with Crippen LogP contribution in [0.5, 0.6) is 11.5 Å². The Hall–Kier alpha value is -3.00. The topological polar surface area (TPSA) is 89.1 Å². The second-order valence-corrected chi connectivity index (χ2v) is 8.78. The van der Waals surface area contributed by atoms with Crippen LogP contribution in [0, 0.1) is 0 Å². The molecule has 2 aliphatic rings. The molecule has 1 aliphatic carbocycles. The van der Waals surface area contributed by atoms with Crippen LogP contribution >= 0.6 is 11.8 Å². The number of fused-ring (bicyclic) bond motifs is 1. The van der Waals surface area contributed by atoms with Gasteiger partial charge in [-0.15, -0.1) is 5.10 Å². The van der Waals surface area contributed by atoms with Crippen LogP contribution in [0.4, 0.5) is 5.69 Å². The molecule has 5 rings (SSSR count). The summed E-state index contributed by atoms with van der Waals surface area (Å²) >= 11 is 1.29. The van der Waals surface area contributed by atoms with E-state index in [1.807, 2.05) is 30.3 Å². The van der Waals surface area contributed by atoms with Gasteiger partial charge in [0.1, 0.15) is 0 Å². The Morgan fingerprint density at radius 2 is 1.90 bits per heavy atom. The standard InChI is InChI=1S/C23H24N4O3S/c1-2-15-5-7-16(8-6-15)21-25-22(27-26-21)31-14-20(28)24-17-9-10-18-19(13-17)30-23(29-18)11-3-4-12-23/h5-10,13H,2-4,11-12,14H2,1H3,(H,24,28)(H,25,26,27). The van der Waals surface area contributed by atoms with Crippen molar-refractivity contribution in [1.29, 1.82) is 0 Å². The molecule has 2 N–H and O–H groups in total. The number of aromatic nitrogens is 3. The minimum Gasteiger partial charge on any atom is -0.448 e. The van der Waals surface area contributed by atoms with E-state index in [0.29, 0.717) is 22.4 Å². The minimum atomic E-state index is -0.499. The van der Waals surface area contributed by atoms with Gasteiger partial charge >= 0.3 is 0 Å². The summed E-state index contributed by atoms with van der Waals surface area (Å²) in [5, 5.41) is 10.6. The van der Waals surface area contributed by atoms with Gasteiger partial charge in [-0.1, -0.05) is 43.0 Å². The highest BCUT2D eigenvalue weighted by atomic mass is 32.2. The Labute approximate surface area is 184 Å². The smallest absolute Gasteiger partial charge is 0.251 e. The molecule has 1 amide bonds. The molecule has 3 aromatic rings. The number of nitrogens with zero attached hydrogens (tertiary/aromatic N) is 2. The molecule has 1 saturated carbocycles. The molecular weight excluding hydrogens is 412 g/mol. The Morgan fingerprint density at radius 1 is 1.13 bits per heavy atom. The lowest BCUT2D eigenvalue weighted by atomic mass is 10.1. The maximum atomic E-state index is 12.4. The highest BCUT2D eigenvalue weighted by Crippen LogP contribution is 2.47. The molecule has 1 fully saturated rings. The average molecular weight is 437 g/mol. The molecule has 1 aromatic heterocycles. The maximum Gasteiger partial charge on any atom is 0.251 e. The molecule has 2 heterocycles. The number of hydrogen-bond donors (Lipinski definition) is 2. The molecule has 0 saturated heterocycles. The van der Waals surface area contributed by atoms with Gasteiger partial charge in [-0.25, -0.2) is 4.98 Å². The van der Waals surface area contributed by atoms with Crippen LogP contribution < -0.4 is 14.8 Å². The quantitative estimate of drug-likeness (QED) is 0.539. The first-order chi connectivity index (χ1) is 15.1. The van der Waals surface area contributed by atoms with E-state index in [1.54, 1.807) is 0 Å². The number of aryl methyl sites for hydroxylation is 1. The molecule has 1 aliphatic heterocycles. The summed E-state index contributed by atoms with van der Waals surface area (Å²) in [7, 11) is 0. The van der Waals surface area contributed by atoms with Crippen LogP contribution in [-0.4, -0.2) is 32.6 Å². The summed E-state index contributed by atoms with van der Waals surface area (Å²) in [5.41, 5.74) is 2.94. The van der Waals surface area contributed by atoms with Crippen molar-refractivity contribution in [1.82, 2.24) is 15.2 Å². The molecule has 7 nitrogen and oxygen atoms in total. The van der Waals surface area contributed by atoms with Gasteiger partial charge in [0.15, 0.2) is 17.3 Å². The van der Waals surface area contributed by atoms with Crippen molar-refractivity contribution in [2.75, 3.05) is 11.1 Å². The number of anilines is 1. The number of benzene rings is 2. The Bertz CT molecular complexity index is 1090. The van der Waals surface area contributed by atoms with E-state index in [9.17, 15) is 4.79 Å². The number of thioether (sulfide) groups is 1. The van der Waals surface area contributed by atoms with E-state index in [4.69, 9.17) is 9.47 Å². The van der Waals surface area contributed by atoms with Crippen molar-refractivity contribution < 1.29 is 14.3 Å². The Kier molecular flexibility index (Phi) is 5.31. The molecule has 0 atom stereocenters. The van der Waals surface area contributed by atoms with Crippen LogP contribution in [0.25, 0.3) is 11.4 Å². The largest absolute Gasteiger partial charge is 0.448 e. The average Bonchev–Trinajstić information content (AvgIpc) is 3.52. The molecule has 2 aromatic carbocycles. The van der Waals surface area contributed by atoms with Crippen LogP contribution in [-0.2, 0) is 11.2 Å². The summed E-state index contributed by atoms with van der Waals surface area (Å²) in [6.07, 6.45) is 5.03. The van der Waals surface area contributed by atoms with Crippen molar-refractivity contribution in [2.24, 2.45) is 0 Å². The Morgan fingerprint density at radius 3 is 2.68 bits per heavy atom. The number of rotatable bonds is 6. The summed E-state index contributed by atoms with van der Waals surface area (Å²) in [6, 6.07) is 13.7. The number of ether oxygens (including phenoxy) is 2. The van der Waals surface area contributed by atoms with Crippen molar-refractivity contribution in [3.05, 3.63) is 48.0 Å². The Balaban J connectivity index is 1.16. The molecule has 31 heavy (non-hydrogen) atoms. The number of amides is 1. The minimum absolute atomic E-state index is 0.127. The summed E-state index contributed by atoms with van der Waals surface area (Å²) < 4.78 is 12.1. The summed E-state index contributed by atoms with van der Waals surface area (Å²) in [5.74, 6) is 1.72. The zero-order chi connectivity index (χ0) is 21.3. The lowest BCUT2D eigenvalue weighted by Crippen LogP contribution is -2.34. The number of carbonyl (C=O) groups is 1. The third-order valence-corrected chi connectivity index (χ3v) is 6.46. The predicted molar refractivity (Wildman–Crippen MR) is 119 cm³/mol. The van der Waals surface area contributed by atoms with E-state index in [1.165, 1.54) is 17.3 Å². The maximum absolute atomic E-state index is 12.4. The number of H-pyrrole nitrogens is 1. The first kappa shape index (κ1) is 19.9. The third kappa shape index (κ3) is 4.25. The second-order valence-electron chi connectivity index (χ2n) is 7.84. The predicted octanol–water partition coefficient (Wildman–Crippen LogP) is 4.81. The second kappa shape index (κ2) is 8.26. The van der Waals surface area contributed by atoms with Crippen molar-refractivity contribution >= 4 is 23.4 Å². The van der Waals surface area contributed by atoms with E-state index < -0.39 is 5.79 Å². The van der Waals surface area contributed by atoms with E-state index in [2.05, 4.69) is 39.6 Å². The normalized spacial score (nSPS) is 16.0. The fourth-order valence-electron chi connectivity index (χ4n) is 3.95. The van der Waals surface area contributed by atoms with Crippen molar-refractivity contribution in [3.8, 4) is 22.9 Å². The molecule has 160 valence electrons. The molecule has 0 bridgehead atoms. The fourth-order valence-corrected chi connectivity index (χ4v) is 4.55. The summed E-state index contributed by atoms with van der Waals surface area (Å²) in [4.78, 5) is 16.9. The van der Waals surface area contributed by atoms with E-state index in [-0.39, 0.29) is 11.7 Å². The van der Waals surface area contributed by atoms with Gasteiger partial charge in [0.2, 0.25) is 11.1 Å². The number of nitrogens with one attached hydrogen (secondary N) is 2. The van der Waals surface area contributed by atoms with Gasteiger partial charge in [0.05, 0.1) is 5.75 Å². The SMILES string of the molecule is CCc1ccc(-c2nc(SCC(=O)Nc3ccc4c(c3)OC3(CCCC3)O4)n[nH]2)cc1. The molecule has 0 unspecified atom stereocenters. The van der Waals surface area contributed by atoms with Gasteiger partial charge in [0.25, 0.3) is 5.79 Å². The first-order valence-electron chi connectivity index (χ1n) is 10.6. The first-order valence-corrected chi connectivity index (χ1v) is 11.6. The third-order valence-electron chi connectivity index (χ3n) is 5.62. The van der Waals surface area contributed by atoms with Gasteiger partial charge in [-0.2, -0.15) is 0 Å². The van der Waals surface area contributed by atoms with Gasteiger partial charge in [0, 0.05) is 30.2 Å².